The minimum absolute atomic E-state index is 0.361. The number of rotatable bonds is 2. The van der Waals surface area contributed by atoms with E-state index in [4.69, 9.17) is 9.97 Å². The predicted octanol–water partition coefficient (Wildman–Crippen LogP) is 7.44. The summed E-state index contributed by atoms with van der Waals surface area (Å²) in [5.41, 5.74) is 8.04. The monoisotopic (exact) mass is 526 g/mol. The molecule has 202 valence electrons. The third-order valence-corrected chi connectivity index (χ3v) is 12.4. The molecule has 6 saturated carbocycles. The maximum Gasteiger partial charge on any atom is 0.139 e. The van der Waals surface area contributed by atoms with Gasteiger partial charge in [0.1, 0.15) is 11.1 Å². The standard InChI is InChI=1S/C36H38N4/c1-33(2)25-15-23-19-35(31-9-5-7-13-37-31)11-12-36(32-10-6-8-14-38-32)20-24-16-26-18-30(34(26,3)4)28(24)22-40(36)39(35)21-27(23)29(33)17-25/h5-14,19-22,25-26,29-30H,15-18H2,1-4H3/t25-,26-,29-,30-,35?,36?/m0/s1. The minimum Gasteiger partial charge on any atom is -0.271 e. The minimum atomic E-state index is -0.471. The lowest BCUT2D eigenvalue weighted by Gasteiger charge is -2.64. The molecule has 0 spiro atoms. The van der Waals surface area contributed by atoms with Gasteiger partial charge in [-0.3, -0.25) is 20.0 Å². The van der Waals surface area contributed by atoms with Crippen LogP contribution in [-0.4, -0.2) is 20.0 Å². The molecular formula is C36H38N4. The third-order valence-electron chi connectivity index (χ3n) is 12.4. The number of hydrogen-bond acceptors (Lipinski definition) is 4. The second-order valence-corrected chi connectivity index (χ2v) is 14.6. The molecule has 11 rings (SSSR count). The lowest BCUT2D eigenvalue weighted by atomic mass is 9.45. The Hall–Kier alpha value is -3.40. The molecule has 3 aliphatic heterocycles. The molecule has 2 aromatic rings. The zero-order valence-electron chi connectivity index (χ0n) is 24.0. The van der Waals surface area contributed by atoms with Crippen LogP contribution in [0.1, 0.15) is 64.8 Å². The number of hydrogen-bond donors (Lipinski definition) is 0. The summed E-state index contributed by atoms with van der Waals surface area (Å²) < 4.78 is 0. The van der Waals surface area contributed by atoms with Crippen molar-refractivity contribution >= 4 is 0 Å². The van der Waals surface area contributed by atoms with Crippen molar-refractivity contribution in [2.45, 2.75) is 64.5 Å². The summed E-state index contributed by atoms with van der Waals surface area (Å²) in [6, 6.07) is 12.7. The third kappa shape index (κ3) is 2.64. The lowest BCUT2D eigenvalue weighted by molar-refractivity contribution is -0.0775. The first kappa shape index (κ1) is 23.3. The van der Waals surface area contributed by atoms with Crippen LogP contribution in [-0.2, 0) is 11.1 Å². The Morgan fingerprint density at radius 3 is 1.48 bits per heavy atom. The van der Waals surface area contributed by atoms with Crippen LogP contribution in [0.5, 0.6) is 0 Å². The van der Waals surface area contributed by atoms with Gasteiger partial charge in [0, 0.05) is 24.8 Å². The molecule has 0 radical (unpaired) electrons. The number of allylic oxidation sites excluding steroid dienone is 4. The molecule has 9 aliphatic rings. The smallest absolute Gasteiger partial charge is 0.139 e. The van der Waals surface area contributed by atoms with Crippen LogP contribution < -0.4 is 0 Å². The fourth-order valence-corrected chi connectivity index (χ4v) is 9.50. The van der Waals surface area contributed by atoms with E-state index >= 15 is 0 Å². The van der Waals surface area contributed by atoms with Crippen molar-refractivity contribution in [3.05, 3.63) is 119 Å². The van der Waals surface area contributed by atoms with E-state index in [1.807, 2.05) is 24.5 Å². The average Bonchev–Trinajstić information content (AvgIpc) is 2.99. The molecule has 0 amide bonds. The largest absolute Gasteiger partial charge is 0.271 e. The van der Waals surface area contributed by atoms with Crippen molar-refractivity contribution in [3.63, 3.8) is 0 Å². The molecule has 0 saturated heterocycles. The molecule has 5 heterocycles. The van der Waals surface area contributed by atoms with Crippen molar-refractivity contribution in [1.82, 2.24) is 20.0 Å². The van der Waals surface area contributed by atoms with Gasteiger partial charge in [0.25, 0.3) is 0 Å². The van der Waals surface area contributed by atoms with Gasteiger partial charge in [-0.05, 0) is 131 Å². The van der Waals surface area contributed by atoms with E-state index in [0.717, 1.165) is 23.2 Å². The van der Waals surface area contributed by atoms with Gasteiger partial charge in [0.05, 0.1) is 11.4 Å². The van der Waals surface area contributed by atoms with Gasteiger partial charge in [-0.2, -0.15) is 0 Å². The first-order chi connectivity index (χ1) is 19.2. The van der Waals surface area contributed by atoms with E-state index in [-0.39, 0.29) is 0 Å². The maximum atomic E-state index is 4.99. The van der Waals surface area contributed by atoms with E-state index in [1.54, 1.807) is 0 Å². The molecule has 4 heteroatoms. The second-order valence-electron chi connectivity index (χ2n) is 14.6. The Kier molecular flexibility index (Phi) is 4.23. The van der Waals surface area contributed by atoms with Crippen molar-refractivity contribution in [2.75, 3.05) is 0 Å². The van der Waals surface area contributed by atoms with Crippen LogP contribution in [0.3, 0.4) is 0 Å². The maximum absolute atomic E-state index is 4.99. The second kappa shape index (κ2) is 7.26. The van der Waals surface area contributed by atoms with E-state index in [0.29, 0.717) is 22.7 Å². The van der Waals surface area contributed by atoms with Crippen LogP contribution in [0.25, 0.3) is 0 Å². The molecule has 0 aromatic carbocycles. The molecule has 6 aliphatic carbocycles. The lowest BCUT2D eigenvalue weighted by Crippen LogP contribution is -2.63. The zero-order valence-corrected chi connectivity index (χ0v) is 24.0. The van der Waals surface area contributed by atoms with Crippen molar-refractivity contribution in [2.24, 2.45) is 34.5 Å². The summed E-state index contributed by atoms with van der Waals surface area (Å²) in [4.78, 5) is 9.98. The Morgan fingerprint density at radius 1 is 0.650 bits per heavy atom. The van der Waals surface area contributed by atoms with Gasteiger partial charge >= 0.3 is 0 Å². The molecule has 6 fully saturated rings. The van der Waals surface area contributed by atoms with Crippen molar-refractivity contribution in [1.29, 1.82) is 0 Å². The summed E-state index contributed by atoms with van der Waals surface area (Å²) in [5.74, 6) is 2.76. The van der Waals surface area contributed by atoms with Gasteiger partial charge < -0.3 is 0 Å². The van der Waals surface area contributed by atoms with Crippen LogP contribution in [0, 0.1) is 34.5 Å². The molecule has 4 bridgehead atoms. The predicted molar refractivity (Wildman–Crippen MR) is 157 cm³/mol. The Labute approximate surface area is 237 Å². The highest BCUT2D eigenvalue weighted by Crippen LogP contribution is 2.67. The zero-order chi connectivity index (χ0) is 27.1. The average molecular weight is 527 g/mol. The highest BCUT2D eigenvalue weighted by Gasteiger charge is 2.60. The normalized spacial score (nSPS) is 38.6. The molecule has 2 aromatic heterocycles. The molecular weight excluding hydrogens is 488 g/mol. The van der Waals surface area contributed by atoms with E-state index in [1.165, 1.54) is 48.0 Å². The van der Waals surface area contributed by atoms with E-state index < -0.39 is 11.1 Å². The van der Waals surface area contributed by atoms with Gasteiger partial charge in [0.15, 0.2) is 0 Å². The molecule has 0 N–H and O–H groups in total. The first-order valence-electron chi connectivity index (χ1n) is 15.2. The number of nitrogens with zero attached hydrogens (tertiary/aromatic N) is 4. The SMILES string of the molecule is CC1(C)[C@H]2CC3=CC4(c5ccccn5)C=CC5(c6ccccn6)C=C6C[C@H]7C[C@@H](C6=CN5N4C=C3[C@@H]1C2)C7(C)C. The Morgan fingerprint density at radius 2 is 1.10 bits per heavy atom. The number of hydrazine groups is 1. The Balaban J connectivity index is 1.30. The highest BCUT2D eigenvalue weighted by atomic mass is 15.7. The van der Waals surface area contributed by atoms with E-state index in [9.17, 15) is 0 Å². The van der Waals surface area contributed by atoms with Gasteiger partial charge in [0.2, 0.25) is 0 Å². The highest BCUT2D eigenvalue weighted by molar-refractivity contribution is 5.55. The van der Waals surface area contributed by atoms with Crippen molar-refractivity contribution < 1.29 is 0 Å². The van der Waals surface area contributed by atoms with Crippen LogP contribution in [0.15, 0.2) is 108 Å². The molecule has 40 heavy (non-hydrogen) atoms. The number of aromatic nitrogens is 2. The van der Waals surface area contributed by atoms with Crippen LogP contribution in [0.4, 0.5) is 0 Å². The molecule has 2 unspecified atom stereocenters. The summed E-state index contributed by atoms with van der Waals surface area (Å²) in [7, 11) is 0. The number of fused-ring (bicyclic) bond motifs is 3. The van der Waals surface area contributed by atoms with E-state index in [2.05, 4.69) is 98.7 Å². The summed E-state index contributed by atoms with van der Waals surface area (Å²) in [5, 5.41) is 5.07. The fraction of sp³-hybridized carbons (Fsp3) is 0.444. The van der Waals surface area contributed by atoms with Gasteiger partial charge in [-0.15, -0.1) is 0 Å². The topological polar surface area (TPSA) is 32.3 Å². The Bertz CT molecular complexity index is 1470. The van der Waals surface area contributed by atoms with Crippen LogP contribution in [0.2, 0.25) is 0 Å². The molecule has 6 atom stereocenters. The summed E-state index contributed by atoms with van der Waals surface area (Å²) >= 11 is 0. The fourth-order valence-electron chi connectivity index (χ4n) is 9.50. The first-order valence-corrected chi connectivity index (χ1v) is 15.2. The summed E-state index contributed by atoms with van der Waals surface area (Å²) in [6.45, 7) is 9.92. The van der Waals surface area contributed by atoms with Crippen molar-refractivity contribution in [3.8, 4) is 0 Å². The van der Waals surface area contributed by atoms with Gasteiger partial charge in [-0.25, -0.2) is 0 Å². The summed E-state index contributed by atoms with van der Waals surface area (Å²) in [6.07, 6.45) is 23.8. The van der Waals surface area contributed by atoms with Crippen LogP contribution >= 0.6 is 0 Å². The quantitative estimate of drug-likeness (QED) is 0.381. The van der Waals surface area contributed by atoms with Gasteiger partial charge in [-0.1, -0.05) is 39.8 Å². The molecule has 4 nitrogen and oxygen atoms in total. The number of pyridine rings is 2.